The topological polar surface area (TPSA) is 72.0 Å². The van der Waals surface area contributed by atoms with Crippen LogP contribution in [0, 0.1) is 0 Å². The Balaban J connectivity index is 1.42. The van der Waals surface area contributed by atoms with Crippen molar-refractivity contribution in [2.75, 3.05) is 46.1 Å². The lowest BCUT2D eigenvalue weighted by atomic mass is 10.0. The zero-order chi connectivity index (χ0) is 22.8. The van der Waals surface area contributed by atoms with Gasteiger partial charge < -0.3 is 20.9 Å². The molecule has 0 saturated carbocycles. The minimum absolute atomic E-state index is 0.0174. The van der Waals surface area contributed by atoms with E-state index in [1.165, 1.54) is 5.56 Å². The fraction of sp³-hybridized carbons (Fsp3) is 0.440. The van der Waals surface area contributed by atoms with Crippen LogP contribution in [0.4, 0.5) is 5.69 Å². The van der Waals surface area contributed by atoms with Gasteiger partial charge in [0, 0.05) is 45.0 Å². The van der Waals surface area contributed by atoms with Crippen LogP contribution in [0.1, 0.15) is 24.0 Å². The molecular formula is C25H36N6O. The SMILES string of the molecule is CN=C(NCc1cccc(NC(=O)CN(C)C)c1)NC1CCN(Cc2ccccc2)CC1. The first-order chi connectivity index (χ1) is 15.5. The lowest BCUT2D eigenvalue weighted by Crippen LogP contribution is -2.48. The Morgan fingerprint density at radius 1 is 1.06 bits per heavy atom. The van der Waals surface area contributed by atoms with Crippen LogP contribution in [0.3, 0.4) is 0 Å². The summed E-state index contributed by atoms with van der Waals surface area (Å²) in [5, 5.41) is 9.91. The largest absolute Gasteiger partial charge is 0.354 e. The maximum absolute atomic E-state index is 12.0. The van der Waals surface area contributed by atoms with E-state index in [1.807, 2.05) is 43.3 Å². The fourth-order valence-corrected chi connectivity index (χ4v) is 3.90. The first-order valence-corrected chi connectivity index (χ1v) is 11.3. The second kappa shape index (κ2) is 12.2. The molecule has 7 heteroatoms. The average Bonchev–Trinajstić information content (AvgIpc) is 2.78. The molecule has 7 nitrogen and oxygen atoms in total. The van der Waals surface area contributed by atoms with Gasteiger partial charge in [0.25, 0.3) is 0 Å². The van der Waals surface area contributed by atoms with Crippen molar-refractivity contribution in [3.8, 4) is 0 Å². The Bertz CT molecular complexity index is 875. The fourth-order valence-electron chi connectivity index (χ4n) is 3.90. The van der Waals surface area contributed by atoms with Crippen LogP contribution >= 0.6 is 0 Å². The van der Waals surface area contributed by atoms with E-state index in [2.05, 4.69) is 56.2 Å². The van der Waals surface area contributed by atoms with Crippen LogP contribution in [0.15, 0.2) is 59.6 Å². The third kappa shape index (κ3) is 7.98. The molecular weight excluding hydrogens is 400 g/mol. The molecule has 0 aromatic heterocycles. The summed E-state index contributed by atoms with van der Waals surface area (Å²) in [5.74, 6) is 0.796. The minimum Gasteiger partial charge on any atom is -0.354 e. The van der Waals surface area contributed by atoms with Crippen LogP contribution in [0.5, 0.6) is 0 Å². The number of hydrogen-bond donors (Lipinski definition) is 3. The number of piperidine rings is 1. The second-order valence-electron chi connectivity index (χ2n) is 8.59. The van der Waals surface area contributed by atoms with Crippen molar-refractivity contribution in [1.29, 1.82) is 0 Å². The van der Waals surface area contributed by atoms with Gasteiger partial charge >= 0.3 is 0 Å². The van der Waals surface area contributed by atoms with Crippen molar-refractivity contribution < 1.29 is 4.79 Å². The molecule has 1 aliphatic rings. The van der Waals surface area contributed by atoms with E-state index >= 15 is 0 Å². The number of aliphatic imine (C=N–C) groups is 1. The number of likely N-dealkylation sites (tertiary alicyclic amines) is 1. The van der Waals surface area contributed by atoms with Crippen molar-refractivity contribution in [3.05, 3.63) is 65.7 Å². The maximum atomic E-state index is 12.0. The lowest BCUT2D eigenvalue weighted by Gasteiger charge is -2.33. The number of carbonyl (C=O) groups excluding carboxylic acids is 1. The smallest absolute Gasteiger partial charge is 0.238 e. The summed E-state index contributed by atoms with van der Waals surface area (Å²) < 4.78 is 0. The molecule has 1 heterocycles. The monoisotopic (exact) mass is 436 g/mol. The van der Waals surface area contributed by atoms with Crippen molar-refractivity contribution in [2.45, 2.75) is 32.0 Å². The molecule has 1 saturated heterocycles. The molecule has 0 spiro atoms. The van der Waals surface area contributed by atoms with Crippen LogP contribution in [0.2, 0.25) is 0 Å². The summed E-state index contributed by atoms with van der Waals surface area (Å²) in [6.45, 7) is 4.19. The number of benzene rings is 2. The summed E-state index contributed by atoms with van der Waals surface area (Å²) in [6, 6.07) is 19.0. The van der Waals surface area contributed by atoms with Gasteiger partial charge in [-0.25, -0.2) is 0 Å². The van der Waals surface area contributed by atoms with Gasteiger partial charge in [-0.15, -0.1) is 0 Å². The van der Waals surface area contributed by atoms with Crippen LogP contribution in [-0.2, 0) is 17.9 Å². The van der Waals surface area contributed by atoms with Gasteiger partial charge in [0.05, 0.1) is 6.54 Å². The zero-order valence-electron chi connectivity index (χ0n) is 19.5. The van der Waals surface area contributed by atoms with Crippen LogP contribution in [0.25, 0.3) is 0 Å². The van der Waals surface area contributed by atoms with Crippen LogP contribution in [-0.4, -0.2) is 68.5 Å². The molecule has 32 heavy (non-hydrogen) atoms. The third-order valence-corrected chi connectivity index (χ3v) is 5.53. The van der Waals surface area contributed by atoms with E-state index < -0.39 is 0 Å². The average molecular weight is 437 g/mol. The Labute approximate surface area is 191 Å². The highest BCUT2D eigenvalue weighted by Crippen LogP contribution is 2.14. The van der Waals surface area contributed by atoms with E-state index in [4.69, 9.17) is 0 Å². The Kier molecular flexibility index (Phi) is 9.07. The number of anilines is 1. The molecule has 3 N–H and O–H groups in total. The number of nitrogens with zero attached hydrogens (tertiary/aromatic N) is 3. The number of amides is 1. The van der Waals surface area contributed by atoms with Gasteiger partial charge in [0.15, 0.2) is 5.96 Å². The highest BCUT2D eigenvalue weighted by molar-refractivity contribution is 5.92. The van der Waals surface area contributed by atoms with Gasteiger partial charge in [0.1, 0.15) is 0 Å². The van der Waals surface area contributed by atoms with Crippen molar-refractivity contribution in [3.63, 3.8) is 0 Å². The summed E-state index contributed by atoms with van der Waals surface area (Å²) in [5.41, 5.74) is 3.27. The molecule has 1 fully saturated rings. The minimum atomic E-state index is -0.0174. The van der Waals surface area contributed by atoms with Gasteiger partial charge in [0.2, 0.25) is 5.91 Å². The normalized spacial score (nSPS) is 15.6. The summed E-state index contributed by atoms with van der Waals surface area (Å²) in [6.07, 6.45) is 2.20. The predicted molar refractivity (Wildman–Crippen MR) is 132 cm³/mol. The van der Waals surface area contributed by atoms with E-state index in [1.54, 1.807) is 7.05 Å². The molecule has 0 atom stereocenters. The van der Waals surface area contributed by atoms with E-state index in [0.717, 1.165) is 49.7 Å². The Hall–Kier alpha value is -2.90. The maximum Gasteiger partial charge on any atom is 0.238 e. The summed E-state index contributed by atoms with van der Waals surface area (Å²) in [4.78, 5) is 20.7. The Morgan fingerprint density at radius 3 is 2.47 bits per heavy atom. The number of rotatable bonds is 8. The number of hydrogen-bond acceptors (Lipinski definition) is 4. The summed E-state index contributed by atoms with van der Waals surface area (Å²) in [7, 11) is 5.56. The van der Waals surface area contributed by atoms with E-state index in [-0.39, 0.29) is 5.91 Å². The molecule has 0 radical (unpaired) electrons. The van der Waals surface area contributed by atoms with Crippen molar-refractivity contribution in [1.82, 2.24) is 20.4 Å². The first kappa shape index (κ1) is 23.8. The van der Waals surface area contributed by atoms with E-state index in [0.29, 0.717) is 19.1 Å². The molecule has 1 aliphatic heterocycles. The van der Waals surface area contributed by atoms with Gasteiger partial charge in [-0.1, -0.05) is 42.5 Å². The van der Waals surface area contributed by atoms with Gasteiger partial charge in [-0.05, 0) is 50.2 Å². The quantitative estimate of drug-likeness (QED) is 0.438. The molecule has 3 rings (SSSR count). The zero-order valence-corrected chi connectivity index (χ0v) is 19.5. The molecule has 0 unspecified atom stereocenters. The number of nitrogens with one attached hydrogen (secondary N) is 3. The van der Waals surface area contributed by atoms with E-state index in [9.17, 15) is 4.79 Å². The molecule has 0 aliphatic carbocycles. The predicted octanol–water partition coefficient (Wildman–Crippen LogP) is 2.52. The number of guanidine groups is 1. The van der Waals surface area contributed by atoms with Gasteiger partial charge in [-0.2, -0.15) is 0 Å². The molecule has 2 aromatic rings. The highest BCUT2D eigenvalue weighted by Gasteiger charge is 2.20. The molecule has 172 valence electrons. The molecule has 0 bridgehead atoms. The van der Waals surface area contributed by atoms with Crippen molar-refractivity contribution >= 4 is 17.6 Å². The number of carbonyl (C=O) groups is 1. The first-order valence-electron chi connectivity index (χ1n) is 11.3. The van der Waals surface area contributed by atoms with Crippen LogP contribution < -0.4 is 16.0 Å². The number of likely N-dealkylation sites (N-methyl/N-ethyl adjacent to an activating group) is 1. The van der Waals surface area contributed by atoms with Crippen molar-refractivity contribution in [2.24, 2.45) is 4.99 Å². The Morgan fingerprint density at radius 2 is 1.78 bits per heavy atom. The highest BCUT2D eigenvalue weighted by atomic mass is 16.2. The lowest BCUT2D eigenvalue weighted by molar-refractivity contribution is -0.116. The molecule has 1 amide bonds. The third-order valence-electron chi connectivity index (χ3n) is 5.53. The second-order valence-corrected chi connectivity index (χ2v) is 8.59. The standard InChI is InChI=1S/C25H36N6O/c1-26-25(27-17-21-10-7-11-23(16-21)28-24(32)19-30(2)3)29-22-12-14-31(15-13-22)18-20-8-5-4-6-9-20/h4-11,16,22H,12-15,17-19H2,1-3H3,(H,28,32)(H2,26,27,29). The molecule has 2 aromatic carbocycles. The van der Waals surface area contributed by atoms with Gasteiger partial charge in [-0.3, -0.25) is 14.7 Å². The summed E-state index contributed by atoms with van der Waals surface area (Å²) >= 11 is 0.